The van der Waals surface area contributed by atoms with Gasteiger partial charge in [0, 0.05) is 16.8 Å². The monoisotopic (exact) mass is 192 g/mol. The molecule has 0 radical (unpaired) electrons. The third-order valence-electron chi connectivity index (χ3n) is 2.22. The predicted octanol–water partition coefficient (Wildman–Crippen LogP) is 2.61. The number of aromatic nitrogens is 2. The molecule has 0 aliphatic heterocycles. The Hall–Kier alpha value is -1.09. The Morgan fingerprint density at radius 1 is 1.31 bits per heavy atom. The Balaban J connectivity index is 2.27. The molecule has 0 amide bonds. The van der Waals surface area contributed by atoms with Crippen molar-refractivity contribution >= 4 is 11.3 Å². The summed E-state index contributed by atoms with van der Waals surface area (Å²) in [6.07, 6.45) is 0. The maximum absolute atomic E-state index is 4.27. The number of thiazole rings is 1. The van der Waals surface area contributed by atoms with E-state index < -0.39 is 0 Å². The molecule has 2 aromatic rings. The first-order valence-electron chi connectivity index (χ1n) is 4.27. The summed E-state index contributed by atoms with van der Waals surface area (Å²) in [6.45, 7) is 5.15. The first kappa shape index (κ1) is 8.51. The third kappa shape index (κ3) is 1.65. The van der Waals surface area contributed by atoms with Gasteiger partial charge >= 0.3 is 0 Å². The van der Waals surface area contributed by atoms with Crippen LogP contribution in [-0.4, -0.2) is 9.55 Å². The number of rotatable bonds is 2. The highest BCUT2D eigenvalue weighted by Crippen LogP contribution is 2.11. The number of aryl methyl sites for hydroxylation is 2. The summed E-state index contributed by atoms with van der Waals surface area (Å²) < 4.78 is 2.27. The van der Waals surface area contributed by atoms with E-state index in [2.05, 4.69) is 40.9 Å². The highest BCUT2D eigenvalue weighted by atomic mass is 32.1. The molecule has 0 aliphatic carbocycles. The van der Waals surface area contributed by atoms with Crippen molar-refractivity contribution < 1.29 is 0 Å². The molecule has 0 bridgehead atoms. The Labute approximate surface area is 81.9 Å². The minimum absolute atomic E-state index is 0.897. The van der Waals surface area contributed by atoms with Gasteiger partial charge in [0.15, 0.2) is 0 Å². The van der Waals surface area contributed by atoms with Crippen LogP contribution in [-0.2, 0) is 6.54 Å². The van der Waals surface area contributed by atoms with Crippen molar-refractivity contribution in [1.29, 1.82) is 0 Å². The molecule has 0 aromatic carbocycles. The van der Waals surface area contributed by atoms with E-state index in [9.17, 15) is 0 Å². The average Bonchev–Trinajstić information content (AvgIpc) is 2.70. The van der Waals surface area contributed by atoms with Crippen LogP contribution in [0.5, 0.6) is 0 Å². The molecule has 0 aliphatic rings. The van der Waals surface area contributed by atoms with Crippen molar-refractivity contribution in [1.82, 2.24) is 9.55 Å². The maximum Gasteiger partial charge on any atom is 0.0795 e. The smallest absolute Gasteiger partial charge is 0.0795 e. The lowest BCUT2D eigenvalue weighted by Gasteiger charge is -2.06. The minimum atomic E-state index is 0.897. The second kappa shape index (κ2) is 3.34. The number of nitrogens with zero attached hydrogens (tertiary/aromatic N) is 2. The fraction of sp³-hybridized carbons (Fsp3) is 0.300. The fourth-order valence-electron chi connectivity index (χ4n) is 1.43. The van der Waals surface area contributed by atoms with Gasteiger partial charge in [0.05, 0.1) is 17.7 Å². The molecule has 0 N–H and O–H groups in total. The van der Waals surface area contributed by atoms with Crippen LogP contribution in [0, 0.1) is 13.8 Å². The zero-order chi connectivity index (χ0) is 9.26. The van der Waals surface area contributed by atoms with E-state index >= 15 is 0 Å². The summed E-state index contributed by atoms with van der Waals surface area (Å²) in [5, 5.41) is 2.10. The van der Waals surface area contributed by atoms with Gasteiger partial charge in [-0.05, 0) is 26.0 Å². The van der Waals surface area contributed by atoms with E-state index in [1.165, 1.54) is 11.4 Å². The van der Waals surface area contributed by atoms with Crippen LogP contribution in [0.15, 0.2) is 23.0 Å². The van der Waals surface area contributed by atoms with Gasteiger partial charge in [-0.2, -0.15) is 0 Å². The van der Waals surface area contributed by atoms with Crippen LogP contribution in [0.1, 0.15) is 17.1 Å². The summed E-state index contributed by atoms with van der Waals surface area (Å²) in [7, 11) is 0. The van der Waals surface area contributed by atoms with Crippen molar-refractivity contribution in [2.24, 2.45) is 0 Å². The second-order valence-electron chi connectivity index (χ2n) is 3.18. The molecule has 0 fully saturated rings. The Kier molecular flexibility index (Phi) is 2.19. The fourth-order valence-corrected chi connectivity index (χ4v) is 1.98. The maximum atomic E-state index is 4.27. The van der Waals surface area contributed by atoms with Crippen molar-refractivity contribution in [2.75, 3.05) is 0 Å². The van der Waals surface area contributed by atoms with Gasteiger partial charge in [-0.1, -0.05) is 0 Å². The van der Waals surface area contributed by atoms with E-state index in [-0.39, 0.29) is 0 Å². The molecule has 68 valence electrons. The molecular formula is C10H12N2S. The molecule has 0 saturated heterocycles. The highest BCUT2D eigenvalue weighted by Gasteiger charge is 2.02. The summed E-state index contributed by atoms with van der Waals surface area (Å²) >= 11 is 1.65. The van der Waals surface area contributed by atoms with Gasteiger partial charge in [-0.15, -0.1) is 11.3 Å². The first-order chi connectivity index (χ1) is 6.27. The topological polar surface area (TPSA) is 17.8 Å². The predicted molar refractivity (Wildman–Crippen MR) is 55.1 cm³/mol. The summed E-state index contributed by atoms with van der Waals surface area (Å²) in [5.41, 5.74) is 5.62. The van der Waals surface area contributed by atoms with Crippen LogP contribution < -0.4 is 0 Å². The van der Waals surface area contributed by atoms with Crippen molar-refractivity contribution in [3.05, 3.63) is 40.1 Å². The molecule has 2 rings (SSSR count). The average molecular weight is 192 g/mol. The lowest BCUT2D eigenvalue weighted by molar-refractivity contribution is 0.735. The number of hydrogen-bond donors (Lipinski definition) is 0. The van der Waals surface area contributed by atoms with Gasteiger partial charge < -0.3 is 4.57 Å². The van der Waals surface area contributed by atoms with Gasteiger partial charge in [0.25, 0.3) is 0 Å². The van der Waals surface area contributed by atoms with Crippen LogP contribution in [0.25, 0.3) is 0 Å². The molecular weight excluding hydrogens is 180 g/mol. The molecule has 13 heavy (non-hydrogen) atoms. The molecule has 0 spiro atoms. The molecule has 0 saturated carbocycles. The first-order valence-corrected chi connectivity index (χ1v) is 5.21. The highest BCUT2D eigenvalue weighted by molar-refractivity contribution is 7.07. The lowest BCUT2D eigenvalue weighted by atomic mass is 10.4. The van der Waals surface area contributed by atoms with Gasteiger partial charge in [0.1, 0.15) is 0 Å². The normalized spacial score (nSPS) is 10.6. The standard InChI is InChI=1S/C10H12N2S/c1-8-3-4-9(2)12(8)5-10-6-13-7-11-10/h3-4,6-7H,5H2,1-2H3. The van der Waals surface area contributed by atoms with Crippen molar-refractivity contribution in [3.8, 4) is 0 Å². The van der Waals surface area contributed by atoms with Gasteiger partial charge in [-0.3, -0.25) is 0 Å². The Morgan fingerprint density at radius 2 is 2.00 bits per heavy atom. The van der Waals surface area contributed by atoms with E-state index in [4.69, 9.17) is 0 Å². The molecule has 2 nitrogen and oxygen atoms in total. The van der Waals surface area contributed by atoms with Crippen molar-refractivity contribution in [3.63, 3.8) is 0 Å². The Morgan fingerprint density at radius 3 is 2.54 bits per heavy atom. The van der Waals surface area contributed by atoms with E-state index in [1.54, 1.807) is 11.3 Å². The molecule has 0 atom stereocenters. The molecule has 2 aromatic heterocycles. The lowest BCUT2D eigenvalue weighted by Crippen LogP contribution is -2.03. The van der Waals surface area contributed by atoms with Gasteiger partial charge in [0.2, 0.25) is 0 Å². The van der Waals surface area contributed by atoms with Crippen LogP contribution in [0.4, 0.5) is 0 Å². The second-order valence-corrected chi connectivity index (χ2v) is 3.90. The summed E-state index contributed by atoms with van der Waals surface area (Å²) in [4.78, 5) is 4.27. The number of hydrogen-bond acceptors (Lipinski definition) is 2. The molecule has 2 heterocycles. The minimum Gasteiger partial charge on any atom is -0.343 e. The van der Waals surface area contributed by atoms with E-state index in [0.29, 0.717) is 0 Å². The summed E-state index contributed by atoms with van der Waals surface area (Å²) in [6, 6.07) is 4.28. The largest absolute Gasteiger partial charge is 0.343 e. The molecule has 3 heteroatoms. The third-order valence-corrected chi connectivity index (χ3v) is 2.86. The zero-order valence-corrected chi connectivity index (χ0v) is 8.64. The SMILES string of the molecule is Cc1ccc(C)n1Cc1cscn1. The van der Waals surface area contributed by atoms with Crippen LogP contribution >= 0.6 is 11.3 Å². The Bertz CT molecular complexity index is 367. The quantitative estimate of drug-likeness (QED) is 0.715. The van der Waals surface area contributed by atoms with Crippen LogP contribution in [0.3, 0.4) is 0 Å². The van der Waals surface area contributed by atoms with Crippen molar-refractivity contribution in [2.45, 2.75) is 20.4 Å². The van der Waals surface area contributed by atoms with Gasteiger partial charge in [-0.25, -0.2) is 4.98 Å². The summed E-state index contributed by atoms with van der Waals surface area (Å²) in [5.74, 6) is 0. The van der Waals surface area contributed by atoms with E-state index in [0.717, 1.165) is 12.2 Å². The van der Waals surface area contributed by atoms with E-state index in [1.807, 2.05) is 5.51 Å². The van der Waals surface area contributed by atoms with Crippen LogP contribution in [0.2, 0.25) is 0 Å². The zero-order valence-electron chi connectivity index (χ0n) is 7.82. The molecule has 0 unspecified atom stereocenters.